The summed E-state index contributed by atoms with van der Waals surface area (Å²) in [6.45, 7) is 0.936. The lowest BCUT2D eigenvalue weighted by Gasteiger charge is -2.04. The minimum atomic E-state index is -0.354. The molecule has 1 aliphatic rings. The number of halogens is 2. The van der Waals surface area contributed by atoms with Crippen LogP contribution in [0.4, 0.5) is 6.01 Å². The molecular formula is C13H12BrClN4O2. The molecule has 1 amide bonds. The first-order chi connectivity index (χ1) is 10.1. The fourth-order valence-electron chi connectivity index (χ4n) is 2.18. The van der Waals surface area contributed by atoms with Crippen molar-refractivity contribution >= 4 is 39.5 Å². The van der Waals surface area contributed by atoms with Crippen LogP contribution in [0.15, 0.2) is 27.1 Å². The van der Waals surface area contributed by atoms with E-state index in [2.05, 4.69) is 36.8 Å². The summed E-state index contributed by atoms with van der Waals surface area (Å²) in [5.74, 6) is 0.142. The van der Waals surface area contributed by atoms with E-state index in [9.17, 15) is 4.79 Å². The zero-order valence-corrected chi connectivity index (χ0v) is 13.2. The summed E-state index contributed by atoms with van der Waals surface area (Å²) in [5.41, 5.74) is 0.410. The van der Waals surface area contributed by atoms with E-state index in [1.807, 2.05) is 0 Å². The standard InChI is InChI=1S/C13H12BrClN4O2/c14-8-4-7(5-9(15)6-8)11(20)17-13-19-18-12(21-13)10-2-1-3-16-10/h4-6,10,16H,1-3H2,(H,17,19,20). The maximum absolute atomic E-state index is 12.1. The second-order valence-electron chi connectivity index (χ2n) is 4.71. The Bertz CT molecular complexity index is 650. The van der Waals surface area contributed by atoms with Crippen molar-refractivity contribution in [1.82, 2.24) is 15.5 Å². The summed E-state index contributed by atoms with van der Waals surface area (Å²) in [6, 6.07) is 5.09. The first kappa shape index (κ1) is 14.5. The van der Waals surface area contributed by atoms with Crippen LogP contribution in [0.1, 0.15) is 35.1 Å². The van der Waals surface area contributed by atoms with Gasteiger partial charge in [0.2, 0.25) is 5.89 Å². The molecule has 2 heterocycles. The number of carbonyl (C=O) groups excluding carboxylic acids is 1. The Morgan fingerprint density at radius 1 is 1.43 bits per heavy atom. The molecule has 1 aliphatic heterocycles. The molecule has 1 aromatic heterocycles. The molecule has 1 atom stereocenters. The van der Waals surface area contributed by atoms with Gasteiger partial charge >= 0.3 is 6.01 Å². The molecule has 0 bridgehead atoms. The predicted octanol–water partition coefficient (Wildman–Crippen LogP) is 3.16. The van der Waals surface area contributed by atoms with Gasteiger partial charge in [0.1, 0.15) is 0 Å². The number of hydrogen-bond donors (Lipinski definition) is 2. The Morgan fingerprint density at radius 2 is 2.29 bits per heavy atom. The largest absolute Gasteiger partial charge is 0.406 e. The van der Waals surface area contributed by atoms with Crippen LogP contribution in [-0.2, 0) is 0 Å². The summed E-state index contributed by atoms with van der Waals surface area (Å²) in [6.07, 6.45) is 2.03. The molecule has 1 fully saturated rings. The minimum Gasteiger partial charge on any atom is -0.406 e. The summed E-state index contributed by atoms with van der Waals surface area (Å²) in [4.78, 5) is 12.1. The molecule has 110 valence electrons. The lowest BCUT2D eigenvalue weighted by Crippen LogP contribution is -2.13. The van der Waals surface area contributed by atoms with E-state index >= 15 is 0 Å². The van der Waals surface area contributed by atoms with Gasteiger partial charge < -0.3 is 9.73 Å². The minimum absolute atomic E-state index is 0.0727. The molecule has 0 aliphatic carbocycles. The number of anilines is 1. The van der Waals surface area contributed by atoms with E-state index in [0.717, 1.165) is 23.9 Å². The lowest BCUT2D eigenvalue weighted by atomic mass is 10.2. The van der Waals surface area contributed by atoms with Crippen LogP contribution in [0.5, 0.6) is 0 Å². The number of benzene rings is 1. The first-order valence-corrected chi connectivity index (χ1v) is 7.63. The fourth-order valence-corrected chi connectivity index (χ4v) is 3.04. The van der Waals surface area contributed by atoms with Gasteiger partial charge in [0.15, 0.2) is 0 Å². The van der Waals surface area contributed by atoms with Crippen LogP contribution < -0.4 is 10.6 Å². The van der Waals surface area contributed by atoms with Gasteiger partial charge in [0.05, 0.1) is 6.04 Å². The van der Waals surface area contributed by atoms with E-state index < -0.39 is 0 Å². The molecule has 1 saturated heterocycles. The number of aromatic nitrogens is 2. The maximum Gasteiger partial charge on any atom is 0.322 e. The second-order valence-corrected chi connectivity index (χ2v) is 6.06. The molecular weight excluding hydrogens is 360 g/mol. The van der Waals surface area contributed by atoms with Crippen molar-refractivity contribution < 1.29 is 9.21 Å². The summed E-state index contributed by atoms with van der Waals surface area (Å²) in [5, 5.41) is 14.1. The fraction of sp³-hybridized carbons (Fsp3) is 0.308. The molecule has 3 rings (SSSR count). The molecule has 0 radical (unpaired) electrons. The van der Waals surface area contributed by atoms with Crippen molar-refractivity contribution in [2.45, 2.75) is 18.9 Å². The summed E-state index contributed by atoms with van der Waals surface area (Å²) < 4.78 is 6.18. The molecule has 1 unspecified atom stereocenters. The third kappa shape index (κ3) is 3.42. The molecule has 2 aromatic rings. The molecule has 6 nitrogen and oxygen atoms in total. The van der Waals surface area contributed by atoms with Gasteiger partial charge in [-0.3, -0.25) is 10.1 Å². The lowest BCUT2D eigenvalue weighted by molar-refractivity contribution is 0.102. The molecule has 1 aromatic carbocycles. The van der Waals surface area contributed by atoms with Crippen molar-refractivity contribution in [2.75, 3.05) is 11.9 Å². The summed E-state index contributed by atoms with van der Waals surface area (Å²) >= 11 is 9.21. The average molecular weight is 372 g/mol. The normalized spacial score (nSPS) is 17.9. The molecule has 21 heavy (non-hydrogen) atoms. The number of hydrogen-bond acceptors (Lipinski definition) is 5. The number of nitrogens with zero attached hydrogens (tertiary/aromatic N) is 2. The Kier molecular flexibility index (Phi) is 4.23. The van der Waals surface area contributed by atoms with Crippen LogP contribution in [0.25, 0.3) is 0 Å². The monoisotopic (exact) mass is 370 g/mol. The molecule has 2 N–H and O–H groups in total. The smallest absolute Gasteiger partial charge is 0.322 e. The van der Waals surface area contributed by atoms with Crippen LogP contribution in [0, 0.1) is 0 Å². The number of amides is 1. The molecule has 8 heteroatoms. The van der Waals surface area contributed by atoms with Crippen molar-refractivity contribution in [3.8, 4) is 0 Å². The Hall–Kier alpha value is -1.44. The highest BCUT2D eigenvalue weighted by Gasteiger charge is 2.22. The van der Waals surface area contributed by atoms with Crippen molar-refractivity contribution in [2.24, 2.45) is 0 Å². The predicted molar refractivity (Wildman–Crippen MR) is 81.4 cm³/mol. The quantitative estimate of drug-likeness (QED) is 0.866. The summed E-state index contributed by atoms with van der Waals surface area (Å²) in [7, 11) is 0. The second kappa shape index (κ2) is 6.13. The van der Waals surface area contributed by atoms with Crippen LogP contribution >= 0.6 is 27.5 Å². The zero-order valence-electron chi connectivity index (χ0n) is 10.9. The van der Waals surface area contributed by atoms with Gasteiger partial charge in [0, 0.05) is 15.1 Å². The van der Waals surface area contributed by atoms with E-state index in [1.54, 1.807) is 18.2 Å². The van der Waals surface area contributed by atoms with Gasteiger partial charge in [-0.1, -0.05) is 32.6 Å². The van der Waals surface area contributed by atoms with Gasteiger partial charge in [0.25, 0.3) is 5.91 Å². The van der Waals surface area contributed by atoms with Gasteiger partial charge in [-0.2, -0.15) is 0 Å². The third-order valence-electron chi connectivity index (χ3n) is 3.14. The maximum atomic E-state index is 12.1. The van der Waals surface area contributed by atoms with E-state index in [1.165, 1.54) is 0 Å². The van der Waals surface area contributed by atoms with Crippen molar-refractivity contribution in [3.05, 3.63) is 39.1 Å². The van der Waals surface area contributed by atoms with Crippen LogP contribution in [0.2, 0.25) is 5.02 Å². The Labute approximate surface area is 134 Å². The van der Waals surface area contributed by atoms with Gasteiger partial charge in [-0.25, -0.2) is 0 Å². The van der Waals surface area contributed by atoms with E-state index in [-0.39, 0.29) is 18.0 Å². The number of rotatable bonds is 3. The van der Waals surface area contributed by atoms with Crippen molar-refractivity contribution in [1.29, 1.82) is 0 Å². The topological polar surface area (TPSA) is 80.0 Å². The first-order valence-electron chi connectivity index (χ1n) is 6.46. The Balaban J connectivity index is 1.72. The Morgan fingerprint density at radius 3 is 3.00 bits per heavy atom. The van der Waals surface area contributed by atoms with Gasteiger partial charge in [-0.05, 0) is 37.6 Å². The highest BCUT2D eigenvalue weighted by atomic mass is 79.9. The number of carbonyl (C=O) groups is 1. The van der Waals surface area contributed by atoms with E-state index in [0.29, 0.717) is 16.5 Å². The van der Waals surface area contributed by atoms with Crippen LogP contribution in [-0.4, -0.2) is 22.6 Å². The molecule has 0 saturated carbocycles. The average Bonchev–Trinajstić information content (AvgIpc) is 3.07. The SMILES string of the molecule is O=C(Nc1nnc(C2CCCN2)o1)c1cc(Cl)cc(Br)c1. The number of nitrogens with one attached hydrogen (secondary N) is 2. The van der Waals surface area contributed by atoms with Crippen molar-refractivity contribution in [3.63, 3.8) is 0 Å². The van der Waals surface area contributed by atoms with E-state index in [4.69, 9.17) is 16.0 Å². The molecule has 0 spiro atoms. The zero-order chi connectivity index (χ0) is 14.8. The van der Waals surface area contributed by atoms with Crippen LogP contribution in [0.3, 0.4) is 0 Å². The third-order valence-corrected chi connectivity index (χ3v) is 3.82. The van der Waals surface area contributed by atoms with Gasteiger partial charge in [-0.15, -0.1) is 5.10 Å². The highest BCUT2D eigenvalue weighted by Crippen LogP contribution is 2.24. The highest BCUT2D eigenvalue weighted by molar-refractivity contribution is 9.10.